The Bertz CT molecular complexity index is 3420. The Labute approximate surface area is 402 Å². The molecule has 16 heteroatoms. The third kappa shape index (κ3) is 11.3. The Morgan fingerprint density at radius 1 is 0.544 bits per heavy atom. The zero-order valence-electron chi connectivity index (χ0n) is 35.4. The van der Waals surface area contributed by atoms with Crippen molar-refractivity contribution in [3.63, 3.8) is 0 Å². The van der Waals surface area contributed by atoms with Gasteiger partial charge in [0.05, 0.1) is 22.6 Å². The minimum absolute atomic E-state index is 0. The van der Waals surface area contributed by atoms with Gasteiger partial charge in [0.25, 0.3) is 21.2 Å². The fourth-order valence-electron chi connectivity index (χ4n) is 6.94. The molecule has 0 aliphatic rings. The Hall–Kier alpha value is -7.56. The Morgan fingerprint density at radius 2 is 0.985 bits per heavy atom. The molecule has 0 bridgehead atoms. The largest absolute Gasteiger partial charge is 0.297 e. The maximum Gasteiger partial charge on any atom is 0.297 e. The summed E-state index contributed by atoms with van der Waals surface area (Å²) in [6, 6.07) is 38.3. The third-order valence-corrected chi connectivity index (χ3v) is 11.5. The summed E-state index contributed by atoms with van der Waals surface area (Å²) < 4.78 is 75.5. The molecule has 4 aromatic heterocycles. The summed E-state index contributed by atoms with van der Waals surface area (Å²) in [4.78, 5) is 43.8. The fourth-order valence-corrected chi connectivity index (χ4v) is 7.83. The zero-order chi connectivity index (χ0) is 46.2. The number of benzene rings is 5. The topological polar surface area (TPSA) is 139 Å². The summed E-state index contributed by atoms with van der Waals surface area (Å²) in [6.45, 7) is 0.978. The van der Waals surface area contributed by atoms with E-state index in [1.807, 2.05) is 6.92 Å². The van der Waals surface area contributed by atoms with E-state index in [1.54, 1.807) is 152 Å². The molecule has 1 radical (unpaired) electrons. The standard InChI is InChI=1S/C29H22FN3O4S.C22H15F2N3O.CH4.V/c1-20-10-12-24(13-11-20)38(35,36)37-19-21-6-4-7-23(16-21)33-18-22(28-31-14-5-15-32-28)17-26(29(33)34)25-8-2-3-9-27(25)30;23-13-15-5-3-6-17(11-15)27-14-16(21-25-9-4-10-26-21)12-19(22(27)28)18-7-1-2-8-20(18)24;;/h2-18H,19H2,1H3;1-12,14H,13H2;1H4;/i;23-1;;. The molecular weight excluding hydrogens is 928 g/mol. The summed E-state index contributed by atoms with van der Waals surface area (Å²) in [5.41, 5.74) is 3.64. The van der Waals surface area contributed by atoms with Crippen molar-refractivity contribution >= 4 is 10.1 Å². The van der Waals surface area contributed by atoms with Crippen LogP contribution in [-0.2, 0) is 46.1 Å². The van der Waals surface area contributed by atoms with Crippen molar-refractivity contribution in [2.24, 2.45) is 0 Å². The van der Waals surface area contributed by atoms with Crippen molar-refractivity contribution in [3.8, 4) is 56.4 Å². The first-order chi connectivity index (χ1) is 32.0. The number of pyridine rings is 2. The molecule has 9 aromatic rings. The van der Waals surface area contributed by atoms with Crippen LogP contribution in [-0.4, -0.2) is 37.5 Å². The second kappa shape index (κ2) is 22.3. The number of aromatic nitrogens is 6. The van der Waals surface area contributed by atoms with Gasteiger partial charge in [-0.25, -0.2) is 33.1 Å². The van der Waals surface area contributed by atoms with Crippen molar-refractivity contribution in [3.05, 3.63) is 232 Å². The number of hydrogen-bond acceptors (Lipinski definition) is 9. The predicted molar refractivity (Wildman–Crippen MR) is 252 cm³/mol. The van der Waals surface area contributed by atoms with E-state index in [4.69, 9.17) is 4.18 Å². The predicted octanol–water partition coefficient (Wildman–Crippen LogP) is 10.5. The van der Waals surface area contributed by atoms with Crippen molar-refractivity contribution in [1.29, 1.82) is 0 Å². The third-order valence-electron chi connectivity index (χ3n) is 10.2. The number of nitrogens with zero attached hydrogens (tertiary/aromatic N) is 6. The summed E-state index contributed by atoms with van der Waals surface area (Å²) in [7, 11) is -3.98. The van der Waals surface area contributed by atoms with E-state index in [2.05, 4.69) is 19.9 Å². The second-order valence-electron chi connectivity index (χ2n) is 14.7. The maximum atomic E-state index is 14.7. The molecule has 4 heterocycles. The van der Waals surface area contributed by atoms with Gasteiger partial charge in [-0.1, -0.05) is 85.8 Å². The van der Waals surface area contributed by atoms with Crippen LogP contribution >= 0.6 is 0 Å². The van der Waals surface area contributed by atoms with Crippen LogP contribution in [0.2, 0.25) is 0 Å². The molecule has 0 aliphatic heterocycles. The molecule has 341 valence electrons. The summed E-state index contributed by atoms with van der Waals surface area (Å²) in [6.07, 6.45) is 9.49. The molecule has 0 unspecified atom stereocenters. The van der Waals surface area contributed by atoms with Crippen molar-refractivity contribution in [2.75, 3.05) is 0 Å². The molecule has 11 nitrogen and oxygen atoms in total. The van der Waals surface area contributed by atoms with Crippen LogP contribution in [0.1, 0.15) is 24.1 Å². The molecule has 0 spiro atoms. The molecule has 0 fully saturated rings. The van der Waals surface area contributed by atoms with Gasteiger partial charge in [0, 0.05) is 89.4 Å². The smallest absolute Gasteiger partial charge is 0.283 e. The number of halogens is 3. The number of aryl methyl sites for hydroxylation is 1. The van der Waals surface area contributed by atoms with Crippen LogP contribution < -0.4 is 11.1 Å². The first kappa shape index (κ1) is 49.9. The number of rotatable bonds is 11. The molecule has 68 heavy (non-hydrogen) atoms. The molecule has 0 saturated heterocycles. The average molecular weight is 969 g/mol. The van der Waals surface area contributed by atoms with E-state index in [0.717, 1.165) is 5.56 Å². The molecule has 0 saturated carbocycles. The first-order valence-corrected chi connectivity index (χ1v) is 21.7. The maximum absolute atomic E-state index is 14.7. The number of hydrogen-bond donors (Lipinski definition) is 0. The first-order valence-electron chi connectivity index (χ1n) is 20.3. The normalized spacial score (nSPS) is 10.8. The van der Waals surface area contributed by atoms with Crippen molar-refractivity contribution in [1.82, 2.24) is 29.1 Å². The molecule has 5 aromatic carbocycles. The van der Waals surface area contributed by atoms with E-state index >= 15 is 0 Å². The van der Waals surface area contributed by atoms with Crippen LogP contribution in [0.5, 0.6) is 0 Å². The van der Waals surface area contributed by atoms with Gasteiger partial charge < -0.3 is 0 Å². The van der Waals surface area contributed by atoms with Gasteiger partial charge in [-0.2, -0.15) is 8.42 Å². The fraction of sp³-hybridized carbons (Fsp3) is 0.0769. The van der Waals surface area contributed by atoms with Crippen molar-refractivity contribution in [2.45, 2.75) is 32.5 Å². The zero-order valence-corrected chi connectivity index (χ0v) is 37.7. The van der Waals surface area contributed by atoms with E-state index in [-0.39, 0.29) is 59.7 Å². The quantitative estimate of drug-likeness (QED) is 0.116. The van der Waals surface area contributed by atoms with Gasteiger partial charge in [-0.15, -0.1) is 0 Å². The Morgan fingerprint density at radius 3 is 1.44 bits per heavy atom. The summed E-state index contributed by atoms with van der Waals surface area (Å²) in [5, 5.41) is 0. The van der Waals surface area contributed by atoms with Gasteiger partial charge >= 0.3 is 0 Å². The molecule has 0 N–H and O–H groups in total. The minimum atomic E-state index is -3.98. The van der Waals surface area contributed by atoms with Crippen LogP contribution in [0, 0.1) is 18.6 Å². The Balaban J connectivity index is 0.000000227. The van der Waals surface area contributed by atoms with Gasteiger partial charge in [-0.3, -0.25) is 22.9 Å². The average Bonchev–Trinajstić information content (AvgIpc) is 3.35. The number of alkyl halides is 1. The van der Waals surface area contributed by atoms with Crippen molar-refractivity contribution < 1.29 is 44.3 Å². The molecule has 0 atom stereocenters. The van der Waals surface area contributed by atoms with Crippen LogP contribution in [0.15, 0.2) is 197 Å². The van der Waals surface area contributed by atoms with Crippen LogP contribution in [0.3, 0.4) is 0 Å². The second-order valence-corrected chi connectivity index (χ2v) is 16.4. The molecule has 0 aliphatic carbocycles. The van der Waals surface area contributed by atoms with Gasteiger partial charge in [-0.05, 0) is 90.8 Å². The van der Waals surface area contributed by atoms with Crippen LogP contribution in [0.25, 0.3) is 56.4 Å². The van der Waals surface area contributed by atoms with Crippen LogP contribution in [0.4, 0.5) is 13.2 Å². The van der Waals surface area contributed by atoms with E-state index < -0.39 is 39.5 Å². The monoisotopic (exact) mass is 968 g/mol. The molecule has 0 amide bonds. The minimum Gasteiger partial charge on any atom is -0.283 e. The Kier molecular flexibility index (Phi) is 16.3. The SMILES string of the molecule is C.Cc1ccc(S(=O)(=O)OCc2cccc(-n3cc(-c4ncccn4)cc(-c4ccccc4F)c3=O)c2)cc1.O=c1c(-c2ccccc2F)cc(-c2ncccn2)cn1-c1cccc(C[18F])c1.[V]. The molecule has 9 rings (SSSR count). The van der Waals surface area contributed by atoms with E-state index in [9.17, 15) is 31.2 Å². The summed E-state index contributed by atoms with van der Waals surface area (Å²) >= 11 is 0. The van der Waals surface area contributed by atoms with E-state index in [0.29, 0.717) is 45.3 Å². The molecular formula is C52H41F3N6O5SV. The van der Waals surface area contributed by atoms with Gasteiger partial charge in [0.1, 0.15) is 18.3 Å². The van der Waals surface area contributed by atoms with Gasteiger partial charge in [0.2, 0.25) is 0 Å². The van der Waals surface area contributed by atoms with E-state index in [1.165, 1.54) is 39.5 Å². The van der Waals surface area contributed by atoms with Gasteiger partial charge in [0.15, 0.2) is 11.6 Å². The summed E-state index contributed by atoms with van der Waals surface area (Å²) in [5.74, 6) is -0.279.